The van der Waals surface area contributed by atoms with Gasteiger partial charge >= 0.3 is 0 Å². The first-order valence-corrected chi connectivity index (χ1v) is 9.51. The largest absolute Gasteiger partial charge is 0.364 e. The summed E-state index contributed by atoms with van der Waals surface area (Å²) in [4.78, 5) is 13.0. The summed E-state index contributed by atoms with van der Waals surface area (Å²) in [5, 5.41) is 20.0. The molecule has 2 aromatic rings. The quantitative estimate of drug-likeness (QED) is 0.666. The number of carbonyl (C=O) groups is 1. The minimum atomic E-state index is -3.61. The van der Waals surface area contributed by atoms with Crippen molar-refractivity contribution in [2.24, 2.45) is 5.10 Å². The highest BCUT2D eigenvalue weighted by Crippen LogP contribution is 2.41. The maximum atomic E-state index is 13.7. The van der Waals surface area contributed by atoms with Crippen LogP contribution in [0.4, 0.5) is 32.2 Å². The Morgan fingerprint density at radius 2 is 1.84 bits per heavy atom. The highest BCUT2D eigenvalue weighted by Gasteiger charge is 2.54. The molecule has 32 heavy (non-hydrogen) atoms. The lowest BCUT2D eigenvalue weighted by atomic mass is 9.97. The summed E-state index contributed by atoms with van der Waals surface area (Å²) < 4.78 is 81.4. The Hall–Kier alpha value is -3.09. The van der Waals surface area contributed by atoms with Crippen molar-refractivity contribution in [1.82, 2.24) is 14.8 Å². The third kappa shape index (κ3) is 3.59. The van der Waals surface area contributed by atoms with Crippen LogP contribution in [0.25, 0.3) is 0 Å². The molecule has 13 heteroatoms. The van der Waals surface area contributed by atoms with Gasteiger partial charge in [0.2, 0.25) is 5.72 Å². The van der Waals surface area contributed by atoms with Gasteiger partial charge in [0.1, 0.15) is 23.1 Å². The summed E-state index contributed by atoms with van der Waals surface area (Å²) in [6, 6.07) is 6.38. The molecule has 2 aliphatic heterocycles. The standard InChI is InChI=1S/C19H17F6N5O2/c20-14(21)12-7-19(32,18(24)25)30(28-12)17(31)10-8-26-29-13(15(22)23)6-11(27-16(10)29)9-4-2-1-3-5-9/h1-5,8,11,13-15,18,27,32H,6-7H2/t11-,13+,19+/m0/s1. The molecule has 172 valence electrons. The van der Waals surface area contributed by atoms with Gasteiger partial charge in [-0.2, -0.15) is 15.2 Å². The molecule has 3 atom stereocenters. The van der Waals surface area contributed by atoms with E-state index in [0.29, 0.717) is 5.56 Å². The fourth-order valence-electron chi connectivity index (χ4n) is 3.81. The third-order valence-electron chi connectivity index (χ3n) is 5.45. The van der Waals surface area contributed by atoms with Crippen molar-refractivity contribution in [3.63, 3.8) is 0 Å². The van der Waals surface area contributed by atoms with Gasteiger partial charge in [-0.15, -0.1) is 0 Å². The second kappa shape index (κ2) is 8.11. The van der Waals surface area contributed by atoms with Gasteiger partial charge in [0, 0.05) is 6.42 Å². The second-order valence-corrected chi connectivity index (χ2v) is 7.46. The zero-order chi connectivity index (χ0) is 23.2. The summed E-state index contributed by atoms with van der Waals surface area (Å²) in [5.41, 5.74) is -4.22. The zero-order valence-corrected chi connectivity index (χ0v) is 16.2. The number of amides is 1. The van der Waals surface area contributed by atoms with E-state index in [0.717, 1.165) is 10.9 Å². The number of nitrogens with one attached hydrogen (secondary N) is 1. The monoisotopic (exact) mass is 461 g/mol. The number of alkyl halides is 6. The van der Waals surface area contributed by atoms with Crippen LogP contribution in [-0.4, -0.2) is 56.5 Å². The van der Waals surface area contributed by atoms with Crippen LogP contribution >= 0.6 is 0 Å². The maximum absolute atomic E-state index is 13.7. The van der Waals surface area contributed by atoms with E-state index in [-0.39, 0.29) is 17.2 Å². The van der Waals surface area contributed by atoms with Gasteiger partial charge in [0.15, 0.2) is 0 Å². The number of nitrogens with zero attached hydrogens (tertiary/aromatic N) is 4. The predicted molar refractivity (Wildman–Crippen MR) is 99.9 cm³/mol. The van der Waals surface area contributed by atoms with Gasteiger partial charge < -0.3 is 10.4 Å². The Bertz CT molecular complexity index is 1030. The maximum Gasteiger partial charge on any atom is 0.287 e. The second-order valence-electron chi connectivity index (χ2n) is 7.46. The summed E-state index contributed by atoms with van der Waals surface area (Å²) in [6.45, 7) is 0. The molecular formula is C19H17F6N5O2. The summed E-state index contributed by atoms with van der Waals surface area (Å²) in [7, 11) is 0. The van der Waals surface area contributed by atoms with Gasteiger partial charge in [0.05, 0.1) is 12.2 Å². The minimum absolute atomic E-state index is 0.0810. The van der Waals surface area contributed by atoms with Gasteiger partial charge in [-0.05, 0) is 12.0 Å². The molecule has 0 unspecified atom stereocenters. The van der Waals surface area contributed by atoms with E-state index in [1.54, 1.807) is 30.3 Å². The van der Waals surface area contributed by atoms with Crippen molar-refractivity contribution in [2.45, 2.75) is 49.9 Å². The van der Waals surface area contributed by atoms with Crippen LogP contribution in [0.15, 0.2) is 41.6 Å². The van der Waals surface area contributed by atoms with Gasteiger partial charge in [-0.25, -0.2) is 31.0 Å². The lowest BCUT2D eigenvalue weighted by Gasteiger charge is -2.33. The number of hydrogen-bond donors (Lipinski definition) is 2. The first-order chi connectivity index (χ1) is 15.1. The third-order valence-corrected chi connectivity index (χ3v) is 5.45. The zero-order valence-electron chi connectivity index (χ0n) is 16.2. The van der Waals surface area contributed by atoms with E-state index in [2.05, 4.69) is 15.5 Å². The number of anilines is 1. The van der Waals surface area contributed by atoms with Crippen LogP contribution in [0.2, 0.25) is 0 Å². The molecule has 2 aliphatic rings. The number of hydrazone groups is 1. The molecule has 1 aromatic heterocycles. The van der Waals surface area contributed by atoms with Gasteiger partial charge in [0.25, 0.3) is 25.2 Å². The number of rotatable bonds is 5. The summed E-state index contributed by atoms with van der Waals surface area (Å²) in [5.74, 6) is -1.59. The molecule has 0 fully saturated rings. The van der Waals surface area contributed by atoms with Crippen molar-refractivity contribution in [1.29, 1.82) is 0 Å². The summed E-state index contributed by atoms with van der Waals surface area (Å²) in [6.07, 6.45) is -10.2. The van der Waals surface area contributed by atoms with Crippen LogP contribution in [0, 0.1) is 0 Å². The van der Waals surface area contributed by atoms with Gasteiger partial charge in [-0.1, -0.05) is 30.3 Å². The lowest BCUT2D eigenvalue weighted by molar-refractivity contribution is -0.164. The molecule has 3 heterocycles. The Labute approximate surface area is 177 Å². The van der Waals surface area contributed by atoms with Crippen LogP contribution in [-0.2, 0) is 0 Å². The van der Waals surface area contributed by atoms with E-state index in [9.17, 15) is 36.2 Å². The molecule has 0 saturated carbocycles. The SMILES string of the molecule is O=C(c1cnn2c1N[C@H](c1ccccc1)C[C@@H]2C(F)F)N1N=C(C(F)F)C[C@@]1(O)C(F)F. The Balaban J connectivity index is 1.74. The molecule has 0 bridgehead atoms. The number of fused-ring (bicyclic) bond motifs is 1. The van der Waals surface area contributed by atoms with Crippen molar-refractivity contribution in [3.8, 4) is 0 Å². The predicted octanol–water partition coefficient (Wildman–Crippen LogP) is 3.67. The van der Waals surface area contributed by atoms with Crippen molar-refractivity contribution >= 4 is 17.4 Å². The summed E-state index contributed by atoms with van der Waals surface area (Å²) >= 11 is 0. The smallest absolute Gasteiger partial charge is 0.287 e. The minimum Gasteiger partial charge on any atom is -0.364 e. The van der Waals surface area contributed by atoms with E-state index < -0.39 is 60.7 Å². The molecule has 4 rings (SSSR count). The Morgan fingerprint density at radius 1 is 1.16 bits per heavy atom. The molecule has 0 radical (unpaired) electrons. The number of aliphatic hydroxyl groups is 1. The molecule has 0 spiro atoms. The Kier molecular flexibility index (Phi) is 5.61. The molecule has 1 amide bonds. The average Bonchev–Trinajstić information content (AvgIpc) is 3.35. The Morgan fingerprint density at radius 3 is 2.44 bits per heavy atom. The van der Waals surface area contributed by atoms with Crippen molar-refractivity contribution in [3.05, 3.63) is 47.7 Å². The lowest BCUT2D eigenvalue weighted by Crippen LogP contribution is -2.51. The molecule has 2 N–H and O–H groups in total. The fraction of sp³-hybridized carbons (Fsp3) is 0.421. The topological polar surface area (TPSA) is 82.8 Å². The number of carbonyl (C=O) groups excluding carboxylic acids is 1. The van der Waals surface area contributed by atoms with Crippen LogP contribution in [0.3, 0.4) is 0 Å². The van der Waals surface area contributed by atoms with Crippen LogP contribution in [0.1, 0.15) is 40.8 Å². The first kappa shape index (κ1) is 22.1. The molecule has 7 nitrogen and oxygen atoms in total. The van der Waals surface area contributed by atoms with Crippen molar-refractivity contribution < 1.29 is 36.2 Å². The van der Waals surface area contributed by atoms with E-state index in [1.165, 1.54) is 0 Å². The molecule has 0 saturated heterocycles. The van der Waals surface area contributed by atoms with Crippen LogP contribution in [0.5, 0.6) is 0 Å². The van der Waals surface area contributed by atoms with Crippen LogP contribution < -0.4 is 5.32 Å². The normalized spacial score (nSPS) is 25.3. The molecule has 1 aromatic carbocycles. The van der Waals surface area contributed by atoms with Crippen molar-refractivity contribution in [2.75, 3.05) is 5.32 Å². The first-order valence-electron chi connectivity index (χ1n) is 9.51. The molecule has 0 aliphatic carbocycles. The van der Waals surface area contributed by atoms with E-state index in [4.69, 9.17) is 0 Å². The average molecular weight is 461 g/mol. The number of hydrogen-bond acceptors (Lipinski definition) is 5. The van der Waals surface area contributed by atoms with E-state index in [1.807, 2.05) is 0 Å². The highest BCUT2D eigenvalue weighted by molar-refractivity contribution is 6.02. The fourth-order valence-corrected chi connectivity index (χ4v) is 3.81. The number of halogens is 6. The number of benzene rings is 1. The highest BCUT2D eigenvalue weighted by atomic mass is 19.3. The van der Waals surface area contributed by atoms with Gasteiger partial charge in [-0.3, -0.25) is 4.79 Å². The van der Waals surface area contributed by atoms with E-state index >= 15 is 0 Å². The molecular weight excluding hydrogens is 444 g/mol. The number of aromatic nitrogens is 2.